The van der Waals surface area contributed by atoms with Crippen LogP contribution in [0.25, 0.3) is 0 Å². The van der Waals surface area contributed by atoms with Crippen LogP contribution in [0.5, 0.6) is 0 Å². The quantitative estimate of drug-likeness (QED) is 0.779. The molecule has 0 unspecified atom stereocenters. The lowest BCUT2D eigenvalue weighted by Gasteiger charge is -2.15. The molecule has 0 bridgehead atoms. The second kappa shape index (κ2) is 8.03. The van der Waals surface area contributed by atoms with E-state index < -0.39 is 5.25 Å². The molecule has 1 saturated heterocycles. The molecule has 2 aliphatic rings. The summed E-state index contributed by atoms with van der Waals surface area (Å²) in [6, 6.07) is 14.0. The molecule has 150 valence electrons. The average Bonchev–Trinajstić information content (AvgIpc) is 3.42. The summed E-state index contributed by atoms with van der Waals surface area (Å²) in [4.78, 5) is 32.1. The van der Waals surface area contributed by atoms with Gasteiger partial charge in [-0.25, -0.2) is 4.99 Å². The third kappa shape index (κ3) is 4.70. The Bertz CT molecular complexity index is 960. The number of benzene rings is 2. The van der Waals surface area contributed by atoms with Crippen molar-refractivity contribution in [2.45, 2.75) is 51.3 Å². The van der Waals surface area contributed by atoms with Crippen LogP contribution in [0.2, 0.25) is 0 Å². The Balaban J connectivity index is 1.50. The fraction of sp³-hybridized carbons (Fsp3) is 0.348. The second-order valence-electron chi connectivity index (χ2n) is 7.90. The molecular formula is C23H25N3O2S. The molecular weight excluding hydrogens is 382 g/mol. The monoisotopic (exact) mass is 407 g/mol. The number of carbonyl (C=O) groups excluding carboxylic acids is 2. The number of rotatable bonds is 5. The van der Waals surface area contributed by atoms with Crippen molar-refractivity contribution in [1.29, 1.82) is 0 Å². The van der Waals surface area contributed by atoms with Crippen LogP contribution in [-0.2, 0) is 9.59 Å². The standard InChI is InChI=1S/C23H25N3O2S/c1-14-4-6-17(7-5-14)24-21(27)13-20-22(28)26(19-8-9-19)23(29-20)25-18-11-15(2)10-16(3)12-18/h4-7,10-12,19-20H,8-9,13H2,1-3H3,(H,24,27)/t20-/m0/s1. The zero-order valence-electron chi connectivity index (χ0n) is 16.9. The fourth-order valence-electron chi connectivity index (χ4n) is 3.50. The van der Waals surface area contributed by atoms with Crippen molar-refractivity contribution in [3.05, 3.63) is 59.2 Å². The highest BCUT2D eigenvalue weighted by Gasteiger charge is 2.46. The second-order valence-corrected chi connectivity index (χ2v) is 9.07. The van der Waals surface area contributed by atoms with Gasteiger partial charge in [0.15, 0.2) is 5.17 Å². The zero-order chi connectivity index (χ0) is 20.5. The maximum atomic E-state index is 13.0. The number of hydrogen-bond donors (Lipinski definition) is 1. The van der Waals surface area contributed by atoms with Gasteiger partial charge in [-0.15, -0.1) is 0 Å². The van der Waals surface area contributed by atoms with Crippen LogP contribution in [0.4, 0.5) is 11.4 Å². The number of hydrogen-bond acceptors (Lipinski definition) is 4. The van der Waals surface area contributed by atoms with E-state index in [9.17, 15) is 9.59 Å². The maximum absolute atomic E-state index is 13.0. The number of amidine groups is 1. The minimum Gasteiger partial charge on any atom is -0.326 e. The Morgan fingerprint density at radius 1 is 1.07 bits per heavy atom. The fourth-order valence-corrected chi connectivity index (χ4v) is 4.72. The van der Waals surface area contributed by atoms with E-state index in [1.54, 1.807) is 0 Å². The lowest BCUT2D eigenvalue weighted by Crippen LogP contribution is -2.35. The van der Waals surface area contributed by atoms with Crippen molar-refractivity contribution >= 4 is 40.1 Å². The van der Waals surface area contributed by atoms with Gasteiger partial charge in [-0.1, -0.05) is 35.5 Å². The first-order valence-corrected chi connectivity index (χ1v) is 10.8. The summed E-state index contributed by atoms with van der Waals surface area (Å²) in [5, 5.41) is 3.19. The summed E-state index contributed by atoms with van der Waals surface area (Å²) in [6.45, 7) is 6.09. The van der Waals surface area contributed by atoms with Crippen LogP contribution in [0.1, 0.15) is 36.0 Å². The van der Waals surface area contributed by atoms with Crippen LogP contribution in [0.3, 0.4) is 0 Å². The molecule has 2 fully saturated rings. The number of nitrogens with one attached hydrogen (secondary N) is 1. The highest BCUT2D eigenvalue weighted by molar-refractivity contribution is 8.15. The largest absolute Gasteiger partial charge is 0.326 e. The third-order valence-electron chi connectivity index (χ3n) is 5.02. The van der Waals surface area contributed by atoms with Crippen LogP contribution in [0, 0.1) is 20.8 Å². The molecule has 2 aromatic carbocycles. The van der Waals surface area contributed by atoms with E-state index in [-0.39, 0.29) is 24.3 Å². The van der Waals surface area contributed by atoms with Gasteiger partial charge in [-0.3, -0.25) is 14.5 Å². The summed E-state index contributed by atoms with van der Waals surface area (Å²) in [7, 11) is 0. The average molecular weight is 408 g/mol. The Morgan fingerprint density at radius 2 is 1.72 bits per heavy atom. The Hall–Kier alpha value is -2.60. The summed E-state index contributed by atoms with van der Waals surface area (Å²) in [5.74, 6) is -0.150. The maximum Gasteiger partial charge on any atom is 0.242 e. The molecule has 29 heavy (non-hydrogen) atoms. The minimum atomic E-state index is -0.425. The van der Waals surface area contributed by atoms with E-state index in [0.717, 1.165) is 46.1 Å². The number of aryl methyl sites for hydroxylation is 3. The van der Waals surface area contributed by atoms with Crippen LogP contribution in [0.15, 0.2) is 47.5 Å². The molecule has 2 amide bonds. The van der Waals surface area contributed by atoms with Gasteiger partial charge in [0, 0.05) is 18.2 Å². The molecule has 1 atom stereocenters. The van der Waals surface area contributed by atoms with Crippen molar-refractivity contribution in [3.63, 3.8) is 0 Å². The van der Waals surface area contributed by atoms with Gasteiger partial charge in [0.2, 0.25) is 11.8 Å². The molecule has 1 aliphatic heterocycles. The lowest BCUT2D eigenvalue weighted by atomic mass is 10.1. The Kier molecular flexibility index (Phi) is 5.46. The van der Waals surface area contributed by atoms with Gasteiger partial charge in [-0.05, 0) is 69.0 Å². The Morgan fingerprint density at radius 3 is 2.34 bits per heavy atom. The van der Waals surface area contributed by atoms with Crippen LogP contribution < -0.4 is 5.32 Å². The van der Waals surface area contributed by atoms with Crippen molar-refractivity contribution in [3.8, 4) is 0 Å². The predicted molar refractivity (Wildman–Crippen MR) is 119 cm³/mol. The van der Waals surface area contributed by atoms with E-state index in [0.29, 0.717) is 0 Å². The Labute approximate surface area is 175 Å². The van der Waals surface area contributed by atoms with Gasteiger partial charge in [0.05, 0.1) is 5.69 Å². The van der Waals surface area contributed by atoms with Crippen molar-refractivity contribution in [2.75, 3.05) is 5.32 Å². The topological polar surface area (TPSA) is 61.8 Å². The number of amides is 2. The third-order valence-corrected chi connectivity index (χ3v) is 6.17. The molecule has 1 N–H and O–H groups in total. The lowest BCUT2D eigenvalue weighted by molar-refractivity contribution is -0.128. The SMILES string of the molecule is Cc1ccc(NC(=O)C[C@@H]2SC(=Nc3cc(C)cc(C)c3)N(C3CC3)C2=O)cc1. The van der Waals surface area contributed by atoms with E-state index in [4.69, 9.17) is 4.99 Å². The van der Waals surface area contributed by atoms with Gasteiger partial charge >= 0.3 is 0 Å². The summed E-state index contributed by atoms with van der Waals surface area (Å²) in [6.07, 6.45) is 2.15. The molecule has 0 radical (unpaired) electrons. The molecule has 5 nitrogen and oxygen atoms in total. The molecule has 0 spiro atoms. The van der Waals surface area contributed by atoms with Gasteiger partial charge < -0.3 is 5.32 Å². The summed E-state index contributed by atoms with van der Waals surface area (Å²) in [5.41, 5.74) is 5.03. The first-order valence-electron chi connectivity index (χ1n) is 9.92. The van der Waals surface area contributed by atoms with E-state index in [2.05, 4.69) is 11.4 Å². The van der Waals surface area contributed by atoms with E-state index in [1.807, 2.05) is 62.1 Å². The molecule has 4 rings (SSSR count). The van der Waals surface area contributed by atoms with Crippen molar-refractivity contribution < 1.29 is 9.59 Å². The number of anilines is 1. The molecule has 2 aromatic rings. The molecule has 1 heterocycles. The highest BCUT2D eigenvalue weighted by atomic mass is 32.2. The zero-order valence-corrected chi connectivity index (χ0v) is 17.8. The smallest absolute Gasteiger partial charge is 0.242 e. The van der Waals surface area contributed by atoms with Crippen molar-refractivity contribution in [2.24, 2.45) is 4.99 Å². The molecule has 6 heteroatoms. The molecule has 1 saturated carbocycles. The van der Waals surface area contributed by atoms with Gasteiger partial charge in [0.25, 0.3) is 0 Å². The molecule has 1 aliphatic carbocycles. The number of carbonyl (C=O) groups is 2. The minimum absolute atomic E-state index is 0.000295. The highest BCUT2D eigenvalue weighted by Crippen LogP contribution is 2.39. The number of nitrogens with zero attached hydrogens (tertiary/aromatic N) is 2. The van der Waals surface area contributed by atoms with Crippen LogP contribution >= 0.6 is 11.8 Å². The summed E-state index contributed by atoms with van der Waals surface area (Å²) >= 11 is 1.41. The first kappa shape index (κ1) is 19.7. The molecule has 0 aromatic heterocycles. The number of aliphatic imine (C=N–C) groups is 1. The first-order chi connectivity index (χ1) is 13.9. The normalized spacial score (nSPS) is 20.4. The van der Waals surface area contributed by atoms with Crippen molar-refractivity contribution in [1.82, 2.24) is 4.90 Å². The van der Waals surface area contributed by atoms with Crippen LogP contribution in [-0.4, -0.2) is 33.2 Å². The summed E-state index contributed by atoms with van der Waals surface area (Å²) < 4.78 is 0. The van der Waals surface area contributed by atoms with E-state index >= 15 is 0 Å². The predicted octanol–water partition coefficient (Wildman–Crippen LogP) is 4.73. The van der Waals surface area contributed by atoms with Gasteiger partial charge in [-0.2, -0.15) is 0 Å². The van der Waals surface area contributed by atoms with Gasteiger partial charge in [0.1, 0.15) is 5.25 Å². The van der Waals surface area contributed by atoms with E-state index in [1.165, 1.54) is 11.8 Å². The number of thioether (sulfide) groups is 1.